The molecule has 0 saturated carbocycles. The maximum Gasteiger partial charge on any atom is 0.161 e. The summed E-state index contributed by atoms with van der Waals surface area (Å²) < 4.78 is 24.0. The van der Waals surface area contributed by atoms with Crippen LogP contribution in [0.3, 0.4) is 0 Å². The summed E-state index contributed by atoms with van der Waals surface area (Å²) in [5.74, 6) is 0.990. The van der Waals surface area contributed by atoms with Crippen molar-refractivity contribution in [3.63, 3.8) is 0 Å². The van der Waals surface area contributed by atoms with Crippen LogP contribution >= 0.6 is 0 Å². The second kappa shape index (κ2) is 5.34. The van der Waals surface area contributed by atoms with E-state index in [4.69, 9.17) is 9.47 Å². The molecule has 88 valence electrons. The molecule has 0 spiro atoms. The summed E-state index contributed by atoms with van der Waals surface area (Å²) in [6, 6.07) is 13.8. The molecule has 2 nitrogen and oxygen atoms in total. The van der Waals surface area contributed by atoms with Gasteiger partial charge in [-0.3, -0.25) is 0 Å². The molecule has 2 rings (SSSR count). The summed E-state index contributed by atoms with van der Waals surface area (Å²) >= 11 is 0. The fraction of sp³-hybridized carbons (Fsp3) is 0.143. The molecule has 0 aliphatic heterocycles. The quantitative estimate of drug-likeness (QED) is 0.804. The highest BCUT2D eigenvalue weighted by Crippen LogP contribution is 2.26. The molecule has 0 N–H and O–H groups in total. The molecule has 0 heterocycles. The van der Waals surface area contributed by atoms with Gasteiger partial charge < -0.3 is 9.47 Å². The zero-order valence-electron chi connectivity index (χ0n) is 9.52. The second-order valence-corrected chi connectivity index (χ2v) is 3.53. The first-order valence-electron chi connectivity index (χ1n) is 5.30. The molecule has 0 atom stereocenters. The minimum Gasteiger partial charge on any atom is -0.493 e. The lowest BCUT2D eigenvalue weighted by Crippen LogP contribution is -1.99. The van der Waals surface area contributed by atoms with Gasteiger partial charge in [0.1, 0.15) is 12.4 Å². The summed E-state index contributed by atoms with van der Waals surface area (Å²) in [6.45, 7) is 0.188. The van der Waals surface area contributed by atoms with Crippen molar-refractivity contribution < 1.29 is 13.9 Å². The number of hydrogen-bond acceptors (Lipinski definition) is 2. The number of methoxy groups -OCH3 is 1. The first-order chi connectivity index (χ1) is 8.31. The van der Waals surface area contributed by atoms with Crippen LogP contribution in [0, 0.1) is 5.82 Å². The van der Waals surface area contributed by atoms with Gasteiger partial charge in [-0.1, -0.05) is 30.3 Å². The van der Waals surface area contributed by atoms with Crippen molar-refractivity contribution in [1.82, 2.24) is 0 Å². The van der Waals surface area contributed by atoms with E-state index in [9.17, 15) is 4.39 Å². The van der Waals surface area contributed by atoms with Crippen LogP contribution in [0.25, 0.3) is 0 Å². The van der Waals surface area contributed by atoms with Gasteiger partial charge in [-0.2, -0.15) is 0 Å². The molecule has 0 radical (unpaired) electrons. The van der Waals surface area contributed by atoms with Crippen molar-refractivity contribution >= 4 is 0 Å². The van der Waals surface area contributed by atoms with Gasteiger partial charge in [-0.15, -0.1) is 0 Å². The van der Waals surface area contributed by atoms with Crippen LogP contribution in [-0.4, -0.2) is 7.11 Å². The van der Waals surface area contributed by atoms with E-state index in [1.165, 1.54) is 6.07 Å². The zero-order valence-corrected chi connectivity index (χ0v) is 9.52. The Bertz CT molecular complexity index is 497. The van der Waals surface area contributed by atoms with Crippen LogP contribution in [0.2, 0.25) is 0 Å². The maximum absolute atomic E-state index is 13.4. The van der Waals surface area contributed by atoms with Crippen LogP contribution in [0.5, 0.6) is 11.5 Å². The van der Waals surface area contributed by atoms with Gasteiger partial charge >= 0.3 is 0 Å². The molecule has 0 saturated heterocycles. The van der Waals surface area contributed by atoms with E-state index in [0.29, 0.717) is 17.1 Å². The fourth-order valence-corrected chi connectivity index (χ4v) is 1.51. The predicted molar refractivity (Wildman–Crippen MR) is 63.7 cm³/mol. The van der Waals surface area contributed by atoms with E-state index < -0.39 is 0 Å². The summed E-state index contributed by atoms with van der Waals surface area (Å²) in [7, 11) is 1.57. The minimum atomic E-state index is -0.262. The number of para-hydroxylation sites is 2. The van der Waals surface area contributed by atoms with E-state index in [1.54, 1.807) is 37.4 Å². The molecular formula is C14H13FO2. The van der Waals surface area contributed by atoms with E-state index in [-0.39, 0.29) is 12.4 Å². The third-order valence-corrected chi connectivity index (χ3v) is 2.41. The molecule has 2 aromatic carbocycles. The lowest BCUT2D eigenvalue weighted by Gasteiger charge is -2.10. The molecule has 17 heavy (non-hydrogen) atoms. The number of halogens is 1. The van der Waals surface area contributed by atoms with Crippen LogP contribution in [0.15, 0.2) is 48.5 Å². The van der Waals surface area contributed by atoms with E-state index >= 15 is 0 Å². The summed E-state index contributed by atoms with van der Waals surface area (Å²) in [4.78, 5) is 0. The summed E-state index contributed by atoms with van der Waals surface area (Å²) in [5.41, 5.74) is 0.526. The van der Waals surface area contributed by atoms with E-state index in [1.807, 2.05) is 12.1 Å². The SMILES string of the molecule is COc1ccccc1OCc1ccccc1F. The maximum atomic E-state index is 13.4. The van der Waals surface area contributed by atoms with E-state index in [0.717, 1.165) is 0 Å². The second-order valence-electron chi connectivity index (χ2n) is 3.53. The molecule has 0 aliphatic rings. The molecule has 0 fully saturated rings. The monoisotopic (exact) mass is 232 g/mol. The van der Waals surface area contributed by atoms with Gasteiger partial charge in [0, 0.05) is 5.56 Å². The zero-order chi connectivity index (χ0) is 12.1. The smallest absolute Gasteiger partial charge is 0.161 e. The standard InChI is InChI=1S/C14H13FO2/c1-16-13-8-4-5-9-14(13)17-10-11-6-2-3-7-12(11)15/h2-9H,10H2,1H3. The lowest BCUT2D eigenvalue weighted by molar-refractivity contribution is 0.280. The van der Waals surface area contributed by atoms with Crippen molar-refractivity contribution in [2.75, 3.05) is 7.11 Å². The fourth-order valence-electron chi connectivity index (χ4n) is 1.51. The third-order valence-electron chi connectivity index (χ3n) is 2.41. The Morgan fingerprint density at radius 1 is 0.941 bits per heavy atom. The van der Waals surface area contributed by atoms with Crippen LogP contribution in [0.4, 0.5) is 4.39 Å². The van der Waals surface area contributed by atoms with Gasteiger partial charge in [0.15, 0.2) is 11.5 Å². The normalized spacial score (nSPS) is 10.0. The Balaban J connectivity index is 2.10. The summed E-state index contributed by atoms with van der Waals surface area (Å²) in [5, 5.41) is 0. The van der Waals surface area contributed by atoms with Crippen molar-refractivity contribution in [3.05, 3.63) is 59.9 Å². The highest BCUT2D eigenvalue weighted by Gasteiger charge is 2.05. The highest BCUT2D eigenvalue weighted by molar-refractivity contribution is 5.39. The van der Waals surface area contributed by atoms with Gasteiger partial charge in [-0.05, 0) is 18.2 Å². The van der Waals surface area contributed by atoms with Gasteiger partial charge in [0.05, 0.1) is 7.11 Å². The topological polar surface area (TPSA) is 18.5 Å². The molecule has 0 unspecified atom stereocenters. The van der Waals surface area contributed by atoms with Crippen LogP contribution in [0.1, 0.15) is 5.56 Å². The Kier molecular flexibility index (Phi) is 3.60. The van der Waals surface area contributed by atoms with Crippen molar-refractivity contribution in [2.45, 2.75) is 6.61 Å². The Morgan fingerprint density at radius 2 is 1.59 bits per heavy atom. The number of benzene rings is 2. The Labute approximate surface area is 99.6 Å². The Hall–Kier alpha value is -2.03. The van der Waals surface area contributed by atoms with E-state index in [2.05, 4.69) is 0 Å². The highest BCUT2D eigenvalue weighted by atomic mass is 19.1. The predicted octanol–water partition coefficient (Wildman–Crippen LogP) is 3.41. The minimum absolute atomic E-state index is 0.188. The molecule has 0 aromatic heterocycles. The molecule has 0 amide bonds. The van der Waals surface area contributed by atoms with Gasteiger partial charge in [-0.25, -0.2) is 4.39 Å². The Morgan fingerprint density at radius 3 is 2.29 bits per heavy atom. The average Bonchev–Trinajstić information content (AvgIpc) is 2.38. The summed E-state index contributed by atoms with van der Waals surface area (Å²) in [6.07, 6.45) is 0. The van der Waals surface area contributed by atoms with Crippen molar-refractivity contribution in [3.8, 4) is 11.5 Å². The molecular weight excluding hydrogens is 219 g/mol. The van der Waals surface area contributed by atoms with Crippen molar-refractivity contribution in [2.24, 2.45) is 0 Å². The molecule has 2 aromatic rings. The van der Waals surface area contributed by atoms with Gasteiger partial charge in [0.25, 0.3) is 0 Å². The van der Waals surface area contributed by atoms with Crippen LogP contribution in [-0.2, 0) is 6.61 Å². The largest absolute Gasteiger partial charge is 0.493 e. The van der Waals surface area contributed by atoms with Gasteiger partial charge in [0.2, 0.25) is 0 Å². The number of rotatable bonds is 4. The first-order valence-corrected chi connectivity index (χ1v) is 5.30. The van der Waals surface area contributed by atoms with Crippen LogP contribution < -0.4 is 9.47 Å². The first kappa shape index (κ1) is 11.5. The molecule has 0 aliphatic carbocycles. The lowest BCUT2D eigenvalue weighted by atomic mass is 10.2. The molecule has 3 heteroatoms. The third kappa shape index (κ3) is 2.75. The number of ether oxygens (including phenoxy) is 2. The number of hydrogen-bond donors (Lipinski definition) is 0. The van der Waals surface area contributed by atoms with Crippen molar-refractivity contribution in [1.29, 1.82) is 0 Å². The molecule has 0 bridgehead atoms. The average molecular weight is 232 g/mol.